The third-order valence-electron chi connectivity index (χ3n) is 2.69. The van der Waals surface area contributed by atoms with Gasteiger partial charge in [0, 0.05) is 5.69 Å². The van der Waals surface area contributed by atoms with Crippen LogP contribution in [0.3, 0.4) is 0 Å². The van der Waals surface area contributed by atoms with Gasteiger partial charge >= 0.3 is 6.18 Å². The minimum atomic E-state index is -4.72. The molecule has 0 aliphatic heterocycles. The quantitative estimate of drug-likeness (QED) is 0.732. The monoisotopic (exact) mass is 233 g/mol. The van der Waals surface area contributed by atoms with Crippen molar-refractivity contribution in [2.24, 2.45) is 0 Å². The Morgan fingerprint density at radius 2 is 1.62 bits per heavy atom. The minimum Gasteiger partial charge on any atom is -0.399 e. The summed E-state index contributed by atoms with van der Waals surface area (Å²) < 4.78 is 37.9. The molecule has 0 saturated heterocycles. The van der Waals surface area contributed by atoms with Crippen molar-refractivity contribution in [2.45, 2.75) is 32.5 Å². The van der Waals surface area contributed by atoms with Crippen LogP contribution in [-0.4, -0.2) is 11.3 Å². The number of alkyl halides is 3. The van der Waals surface area contributed by atoms with E-state index in [4.69, 9.17) is 5.73 Å². The second-order valence-electron chi connectivity index (χ2n) is 4.09. The van der Waals surface area contributed by atoms with Crippen LogP contribution in [0.2, 0.25) is 0 Å². The highest BCUT2D eigenvalue weighted by Crippen LogP contribution is 2.40. The van der Waals surface area contributed by atoms with Gasteiger partial charge in [0.15, 0.2) is 5.60 Å². The predicted molar refractivity (Wildman–Crippen MR) is 56.0 cm³/mol. The van der Waals surface area contributed by atoms with Gasteiger partial charge in [-0.25, -0.2) is 0 Å². The fraction of sp³-hybridized carbons (Fsp3) is 0.455. The number of nitrogens with two attached hydrogens (primary N) is 1. The van der Waals surface area contributed by atoms with Crippen molar-refractivity contribution in [1.29, 1.82) is 0 Å². The fourth-order valence-electron chi connectivity index (χ4n) is 1.55. The first-order valence-corrected chi connectivity index (χ1v) is 4.73. The van der Waals surface area contributed by atoms with Gasteiger partial charge in [-0.05, 0) is 43.5 Å². The summed E-state index contributed by atoms with van der Waals surface area (Å²) in [5.74, 6) is 0. The molecule has 1 aromatic rings. The van der Waals surface area contributed by atoms with Crippen LogP contribution in [0.15, 0.2) is 12.1 Å². The average molecular weight is 233 g/mol. The maximum absolute atomic E-state index is 12.6. The third-order valence-corrected chi connectivity index (χ3v) is 2.69. The molecule has 0 aliphatic carbocycles. The number of hydrogen-bond acceptors (Lipinski definition) is 2. The van der Waals surface area contributed by atoms with Crippen LogP contribution < -0.4 is 5.73 Å². The van der Waals surface area contributed by atoms with E-state index in [-0.39, 0.29) is 11.3 Å². The fourth-order valence-corrected chi connectivity index (χ4v) is 1.55. The molecule has 1 rings (SSSR count). The smallest absolute Gasteiger partial charge is 0.399 e. The molecule has 16 heavy (non-hydrogen) atoms. The Bertz CT molecular complexity index is 410. The molecule has 0 spiro atoms. The van der Waals surface area contributed by atoms with Crippen LogP contribution in [0.4, 0.5) is 18.9 Å². The number of nitrogen functional groups attached to an aromatic ring is 1. The van der Waals surface area contributed by atoms with Crippen molar-refractivity contribution < 1.29 is 18.3 Å². The number of aliphatic hydroxyl groups is 1. The molecule has 0 bridgehead atoms. The largest absolute Gasteiger partial charge is 0.421 e. The molecule has 0 aromatic heterocycles. The van der Waals surface area contributed by atoms with Crippen LogP contribution in [0.25, 0.3) is 0 Å². The van der Waals surface area contributed by atoms with Crippen molar-refractivity contribution in [1.82, 2.24) is 0 Å². The molecule has 0 heterocycles. The van der Waals surface area contributed by atoms with Crippen LogP contribution >= 0.6 is 0 Å². The molecule has 0 amide bonds. The lowest BCUT2D eigenvalue weighted by molar-refractivity contribution is -0.259. The van der Waals surface area contributed by atoms with Gasteiger partial charge in [0.05, 0.1) is 0 Å². The zero-order chi connectivity index (χ0) is 12.7. The van der Waals surface area contributed by atoms with Gasteiger partial charge in [-0.1, -0.05) is 6.07 Å². The van der Waals surface area contributed by atoms with Crippen LogP contribution in [-0.2, 0) is 5.60 Å². The molecule has 2 nitrogen and oxygen atoms in total. The number of aryl methyl sites for hydroxylation is 2. The van der Waals surface area contributed by atoms with E-state index in [0.29, 0.717) is 11.1 Å². The molecule has 0 radical (unpaired) electrons. The summed E-state index contributed by atoms with van der Waals surface area (Å²) in [4.78, 5) is 0. The molecule has 0 fully saturated rings. The maximum atomic E-state index is 12.6. The number of anilines is 1. The Labute approximate surface area is 91.9 Å². The molecule has 5 heteroatoms. The minimum absolute atomic E-state index is 0.205. The van der Waals surface area contributed by atoms with Crippen molar-refractivity contribution >= 4 is 5.69 Å². The summed E-state index contributed by atoms with van der Waals surface area (Å²) in [6, 6.07) is 2.71. The first-order chi connectivity index (χ1) is 7.07. The molecule has 1 atom stereocenters. The van der Waals surface area contributed by atoms with Crippen molar-refractivity contribution in [3.05, 3.63) is 28.8 Å². The number of rotatable bonds is 1. The van der Waals surface area contributed by atoms with Crippen molar-refractivity contribution in [2.75, 3.05) is 5.73 Å². The number of hydrogen-bond donors (Lipinski definition) is 2. The Kier molecular flexibility index (Phi) is 2.94. The molecule has 90 valence electrons. The highest BCUT2D eigenvalue weighted by molar-refractivity contribution is 5.53. The van der Waals surface area contributed by atoms with Gasteiger partial charge in [-0.15, -0.1) is 0 Å². The summed E-state index contributed by atoms with van der Waals surface area (Å²) in [6.45, 7) is 3.94. The first-order valence-electron chi connectivity index (χ1n) is 4.73. The van der Waals surface area contributed by atoms with E-state index in [1.807, 2.05) is 0 Å². The average Bonchev–Trinajstić information content (AvgIpc) is 2.09. The highest BCUT2D eigenvalue weighted by Gasteiger charge is 2.51. The summed E-state index contributed by atoms with van der Waals surface area (Å²) in [7, 11) is 0. The van der Waals surface area contributed by atoms with Crippen LogP contribution in [0.5, 0.6) is 0 Å². The number of halogens is 3. The zero-order valence-electron chi connectivity index (χ0n) is 9.31. The normalized spacial score (nSPS) is 15.9. The lowest BCUT2D eigenvalue weighted by Crippen LogP contribution is -2.39. The highest BCUT2D eigenvalue weighted by atomic mass is 19.4. The molecule has 1 aromatic carbocycles. The van der Waals surface area contributed by atoms with E-state index in [1.165, 1.54) is 19.1 Å². The summed E-state index contributed by atoms with van der Waals surface area (Å²) in [5, 5.41) is 9.54. The second kappa shape index (κ2) is 3.66. The van der Waals surface area contributed by atoms with Crippen LogP contribution in [0.1, 0.15) is 23.6 Å². The summed E-state index contributed by atoms with van der Waals surface area (Å²) in [5.41, 5.74) is 3.77. The van der Waals surface area contributed by atoms with Crippen molar-refractivity contribution in [3.63, 3.8) is 0 Å². The van der Waals surface area contributed by atoms with E-state index in [1.54, 1.807) is 6.92 Å². The van der Waals surface area contributed by atoms with E-state index >= 15 is 0 Å². The van der Waals surface area contributed by atoms with E-state index in [0.717, 1.165) is 6.92 Å². The molecule has 3 N–H and O–H groups in total. The maximum Gasteiger partial charge on any atom is 0.421 e. The molecular formula is C11H14F3NO. The van der Waals surface area contributed by atoms with Gasteiger partial charge in [-0.3, -0.25) is 0 Å². The molecular weight excluding hydrogens is 219 g/mol. The van der Waals surface area contributed by atoms with Crippen molar-refractivity contribution in [3.8, 4) is 0 Å². The first kappa shape index (κ1) is 12.8. The lowest BCUT2D eigenvalue weighted by Gasteiger charge is -2.28. The number of benzene rings is 1. The van der Waals surface area contributed by atoms with Gasteiger partial charge in [0.25, 0.3) is 0 Å². The van der Waals surface area contributed by atoms with E-state index in [2.05, 4.69) is 0 Å². The van der Waals surface area contributed by atoms with Gasteiger partial charge in [0.2, 0.25) is 0 Å². The van der Waals surface area contributed by atoms with E-state index in [9.17, 15) is 18.3 Å². The van der Waals surface area contributed by atoms with E-state index < -0.39 is 11.8 Å². The summed E-state index contributed by atoms with van der Waals surface area (Å²) >= 11 is 0. The topological polar surface area (TPSA) is 46.2 Å². The molecule has 0 aliphatic rings. The SMILES string of the molecule is Cc1cc(C)c(C(C)(O)C(F)(F)F)cc1N. The predicted octanol–water partition coefficient (Wildman–Crippen LogP) is 2.66. The Morgan fingerprint density at radius 3 is 2.06 bits per heavy atom. The van der Waals surface area contributed by atoms with Crippen LogP contribution in [0, 0.1) is 13.8 Å². The van der Waals surface area contributed by atoms with Gasteiger partial charge < -0.3 is 10.8 Å². The summed E-state index contributed by atoms with van der Waals surface area (Å²) in [6.07, 6.45) is -4.72. The lowest BCUT2D eigenvalue weighted by atomic mass is 9.89. The standard InChI is InChI=1S/C11H14F3NO/c1-6-4-7(2)9(15)5-8(6)10(3,16)11(12,13)14/h4-5,16H,15H2,1-3H3. The Morgan fingerprint density at radius 1 is 1.12 bits per heavy atom. The second-order valence-corrected chi connectivity index (χ2v) is 4.09. The van der Waals surface area contributed by atoms with Gasteiger partial charge in [-0.2, -0.15) is 13.2 Å². The zero-order valence-corrected chi connectivity index (χ0v) is 9.31. The molecule has 1 unspecified atom stereocenters. The Hall–Kier alpha value is -1.23. The third kappa shape index (κ3) is 2.00. The molecule has 0 saturated carbocycles. The Balaban J connectivity index is 3.39. The van der Waals surface area contributed by atoms with Gasteiger partial charge in [0.1, 0.15) is 0 Å².